The number of rotatable bonds is 5. The summed E-state index contributed by atoms with van der Waals surface area (Å²) in [7, 11) is 0. The number of Topliss-reactive ketones (excluding diaryl/α,β-unsaturated/α-hetero) is 2. The van der Waals surface area contributed by atoms with Gasteiger partial charge in [-0.25, -0.2) is 0 Å². The van der Waals surface area contributed by atoms with Crippen LogP contribution in [0.2, 0.25) is 0 Å². The van der Waals surface area contributed by atoms with E-state index in [1.165, 1.54) is 12.8 Å². The molecule has 10 atom stereocenters. The van der Waals surface area contributed by atoms with Gasteiger partial charge in [0.15, 0.2) is 11.6 Å². The normalized spacial score (nSPS) is 51.0. The van der Waals surface area contributed by atoms with E-state index < -0.39 is 0 Å². The van der Waals surface area contributed by atoms with Crippen LogP contribution in [0.25, 0.3) is 0 Å². The molecule has 8 unspecified atom stereocenters. The summed E-state index contributed by atoms with van der Waals surface area (Å²) in [4.78, 5) is 26.4. The molecule has 5 fully saturated rings. The third-order valence-electron chi connectivity index (χ3n) is 11.8. The van der Waals surface area contributed by atoms with Crippen LogP contribution >= 0.6 is 0 Å². The third-order valence-corrected chi connectivity index (χ3v) is 11.8. The molecule has 0 aromatic carbocycles. The summed E-state index contributed by atoms with van der Waals surface area (Å²) in [5.41, 5.74) is 1.08. The molecule has 0 aromatic rings. The van der Waals surface area contributed by atoms with Crippen molar-refractivity contribution >= 4 is 11.6 Å². The van der Waals surface area contributed by atoms with Gasteiger partial charge >= 0.3 is 0 Å². The van der Waals surface area contributed by atoms with E-state index in [0.29, 0.717) is 41.7 Å². The molecule has 5 aliphatic rings. The van der Waals surface area contributed by atoms with E-state index in [9.17, 15) is 14.7 Å². The second kappa shape index (κ2) is 8.01. The van der Waals surface area contributed by atoms with Crippen LogP contribution in [0.5, 0.6) is 0 Å². The first kappa shape index (κ1) is 23.7. The highest BCUT2D eigenvalue weighted by Gasteiger charge is 2.67. The average Bonchev–Trinajstić information content (AvgIpc) is 3.55. The lowest BCUT2D eigenvalue weighted by atomic mass is 9.38. The molecule has 2 N–H and O–H groups in total. The first-order valence-electron chi connectivity index (χ1n) is 13.7. The van der Waals surface area contributed by atoms with Crippen molar-refractivity contribution in [3.05, 3.63) is 11.6 Å². The Kier molecular flexibility index (Phi) is 5.76. The highest BCUT2D eigenvalue weighted by Crippen LogP contribution is 2.71. The summed E-state index contributed by atoms with van der Waals surface area (Å²) < 4.78 is 0. The van der Waals surface area contributed by atoms with Crippen LogP contribution in [0.15, 0.2) is 11.6 Å². The Morgan fingerprint density at radius 3 is 2.55 bits per heavy atom. The van der Waals surface area contributed by atoms with Gasteiger partial charge in [0.1, 0.15) is 0 Å². The number of aliphatic hydroxyl groups is 1. The Labute approximate surface area is 200 Å². The lowest BCUT2D eigenvalue weighted by Gasteiger charge is -2.65. The lowest BCUT2D eigenvalue weighted by Crippen LogP contribution is -2.62. The highest BCUT2D eigenvalue weighted by molar-refractivity contribution is 6.00. The number of nitrogens with one attached hydrogen (secondary N) is 1. The zero-order valence-corrected chi connectivity index (χ0v) is 21.5. The maximum absolute atomic E-state index is 14.2. The van der Waals surface area contributed by atoms with Crippen molar-refractivity contribution in [2.45, 2.75) is 105 Å². The van der Waals surface area contributed by atoms with Crippen LogP contribution in [-0.4, -0.2) is 35.4 Å². The molecule has 0 radical (unpaired) electrons. The Hall–Kier alpha value is -1.00. The van der Waals surface area contributed by atoms with Gasteiger partial charge in [0, 0.05) is 24.3 Å². The van der Waals surface area contributed by atoms with Gasteiger partial charge in [-0.15, -0.1) is 0 Å². The van der Waals surface area contributed by atoms with Gasteiger partial charge in [0.2, 0.25) is 0 Å². The standard InChI is InChI=1S/C29H45NO3/c1-6-19-26(33)25-21-9-8-20(17(2)7-10-24(32)23-16-30-23)27(21,3)13-12-22(25)28(4)14-11-18(31)15-29(19,28)5/h6,17-18,20-23,25,30-31H,7-16H2,1-5H3/b19-6+/t17?,18-,20?,21?,22?,23?,25?,27-,28?,29?/m1/s1. The van der Waals surface area contributed by atoms with Crippen molar-refractivity contribution in [2.75, 3.05) is 6.54 Å². The lowest BCUT2D eigenvalue weighted by molar-refractivity contribution is -0.164. The van der Waals surface area contributed by atoms with Gasteiger partial charge in [0.25, 0.3) is 0 Å². The molecule has 1 saturated heterocycles. The molecule has 4 saturated carbocycles. The van der Waals surface area contributed by atoms with Crippen molar-refractivity contribution in [3.8, 4) is 0 Å². The summed E-state index contributed by atoms with van der Waals surface area (Å²) >= 11 is 0. The number of allylic oxidation sites excluding steroid dienone is 2. The summed E-state index contributed by atoms with van der Waals surface area (Å²) in [5.74, 6) is 2.95. The summed E-state index contributed by atoms with van der Waals surface area (Å²) in [6.07, 6.45) is 10.8. The minimum atomic E-state index is -0.290. The van der Waals surface area contributed by atoms with Crippen molar-refractivity contribution in [1.29, 1.82) is 0 Å². The molecule has 0 aromatic heterocycles. The monoisotopic (exact) mass is 455 g/mol. The van der Waals surface area contributed by atoms with Crippen LogP contribution in [0.3, 0.4) is 0 Å². The van der Waals surface area contributed by atoms with E-state index in [-0.39, 0.29) is 34.3 Å². The van der Waals surface area contributed by atoms with Crippen molar-refractivity contribution < 1.29 is 14.7 Å². The second-order valence-electron chi connectivity index (χ2n) is 13.1. The van der Waals surface area contributed by atoms with E-state index in [1.54, 1.807) is 0 Å². The van der Waals surface area contributed by atoms with Crippen LogP contribution in [0.4, 0.5) is 0 Å². The van der Waals surface area contributed by atoms with Crippen LogP contribution < -0.4 is 5.32 Å². The fourth-order valence-electron chi connectivity index (χ4n) is 9.70. The molecule has 4 nitrogen and oxygen atoms in total. The predicted molar refractivity (Wildman–Crippen MR) is 131 cm³/mol. The topological polar surface area (TPSA) is 76.3 Å². The molecule has 184 valence electrons. The molecule has 0 amide bonds. The number of hydrogen-bond donors (Lipinski definition) is 2. The maximum atomic E-state index is 14.2. The Morgan fingerprint density at radius 2 is 1.88 bits per heavy atom. The van der Waals surface area contributed by atoms with Gasteiger partial charge in [-0.05, 0) is 98.4 Å². The van der Waals surface area contributed by atoms with E-state index >= 15 is 0 Å². The van der Waals surface area contributed by atoms with Crippen molar-refractivity contribution in [3.63, 3.8) is 0 Å². The summed E-state index contributed by atoms with van der Waals surface area (Å²) in [5, 5.41) is 13.7. The molecule has 4 heteroatoms. The van der Waals surface area contributed by atoms with Crippen molar-refractivity contribution in [2.24, 2.45) is 45.8 Å². The van der Waals surface area contributed by atoms with E-state index in [1.807, 2.05) is 6.92 Å². The molecule has 4 aliphatic carbocycles. The Bertz CT molecular complexity index is 861. The van der Waals surface area contributed by atoms with Gasteiger partial charge in [-0.1, -0.05) is 33.8 Å². The number of carbonyl (C=O) groups excluding carboxylic acids is 2. The quantitative estimate of drug-likeness (QED) is 0.447. The second-order valence-corrected chi connectivity index (χ2v) is 13.1. The number of carbonyl (C=O) groups is 2. The minimum absolute atomic E-state index is 0.0847. The first-order valence-corrected chi connectivity index (χ1v) is 13.7. The number of hydrogen-bond acceptors (Lipinski definition) is 4. The molecule has 1 heterocycles. The Balaban J connectivity index is 1.41. The SMILES string of the molecule is C/C=C1\C(=O)C2C(CC[C@]3(C)C(C(C)CCC(=O)C4CN4)CCC23)C2(C)CC[C@@H](O)CC12C. The maximum Gasteiger partial charge on any atom is 0.162 e. The number of fused-ring (bicyclic) bond motifs is 5. The summed E-state index contributed by atoms with van der Waals surface area (Å²) in [6, 6.07) is 0.128. The van der Waals surface area contributed by atoms with E-state index in [2.05, 4.69) is 39.1 Å². The molecule has 0 spiro atoms. The zero-order chi connectivity index (χ0) is 23.8. The predicted octanol–water partition coefficient (Wildman–Crippen LogP) is 5.09. The zero-order valence-electron chi connectivity index (χ0n) is 21.5. The van der Waals surface area contributed by atoms with E-state index in [4.69, 9.17) is 0 Å². The summed E-state index contributed by atoms with van der Waals surface area (Å²) in [6.45, 7) is 12.5. The minimum Gasteiger partial charge on any atom is -0.393 e. The molecular formula is C29H45NO3. The smallest absolute Gasteiger partial charge is 0.162 e. The molecule has 1 aliphatic heterocycles. The first-order chi connectivity index (χ1) is 15.6. The molecule has 5 rings (SSSR count). The van der Waals surface area contributed by atoms with Crippen molar-refractivity contribution in [1.82, 2.24) is 5.32 Å². The fourth-order valence-corrected chi connectivity index (χ4v) is 9.70. The fraction of sp³-hybridized carbons (Fsp3) is 0.862. The van der Waals surface area contributed by atoms with Crippen LogP contribution in [-0.2, 0) is 9.59 Å². The van der Waals surface area contributed by atoms with Gasteiger partial charge in [0.05, 0.1) is 12.1 Å². The molecule has 0 bridgehead atoms. The Morgan fingerprint density at radius 1 is 1.15 bits per heavy atom. The largest absolute Gasteiger partial charge is 0.393 e. The molecule has 33 heavy (non-hydrogen) atoms. The highest BCUT2D eigenvalue weighted by atomic mass is 16.3. The van der Waals surface area contributed by atoms with Gasteiger partial charge in [-0.2, -0.15) is 0 Å². The molecular weight excluding hydrogens is 410 g/mol. The van der Waals surface area contributed by atoms with Crippen LogP contribution in [0, 0.1) is 45.8 Å². The van der Waals surface area contributed by atoms with Gasteiger partial charge in [-0.3, -0.25) is 9.59 Å². The van der Waals surface area contributed by atoms with E-state index in [0.717, 1.165) is 50.6 Å². The number of ketones is 2. The third kappa shape index (κ3) is 3.37. The average molecular weight is 456 g/mol. The number of aliphatic hydroxyl groups excluding tert-OH is 1. The van der Waals surface area contributed by atoms with Gasteiger partial charge < -0.3 is 10.4 Å². The van der Waals surface area contributed by atoms with Crippen LogP contribution in [0.1, 0.15) is 92.4 Å².